The van der Waals surface area contributed by atoms with E-state index in [2.05, 4.69) is 27.7 Å². The number of aliphatic hydroxyl groups excluding tert-OH is 2. The summed E-state index contributed by atoms with van der Waals surface area (Å²) in [6, 6.07) is 3.24. The van der Waals surface area contributed by atoms with Crippen LogP contribution in [0.4, 0.5) is 0 Å². The van der Waals surface area contributed by atoms with Crippen LogP contribution in [-0.2, 0) is 9.16 Å². The van der Waals surface area contributed by atoms with Crippen LogP contribution in [0.1, 0.15) is 61.8 Å². The Morgan fingerprint density at radius 1 is 1.08 bits per heavy atom. The highest BCUT2D eigenvalue weighted by atomic mass is 28.4. The van der Waals surface area contributed by atoms with Gasteiger partial charge in [-0.3, -0.25) is 0 Å². The Labute approximate surface area is 156 Å². The van der Waals surface area contributed by atoms with Crippen molar-refractivity contribution in [3.63, 3.8) is 0 Å². The molecular formula is C20H42O4Si. The van der Waals surface area contributed by atoms with Crippen molar-refractivity contribution < 1.29 is 19.4 Å². The zero-order valence-corrected chi connectivity index (χ0v) is 18.9. The van der Waals surface area contributed by atoms with Gasteiger partial charge in [-0.25, -0.2) is 0 Å². The SMILES string of the molecule is CCC(O[Si](CC)(CC)CC)C(C)(C)[C@@H](O)[C@@H](O)/C=C(\C)[C@H](C)OC. The van der Waals surface area contributed by atoms with Crippen LogP contribution >= 0.6 is 0 Å². The number of hydrogen-bond acceptors (Lipinski definition) is 4. The molecule has 0 heterocycles. The summed E-state index contributed by atoms with van der Waals surface area (Å²) in [5.41, 5.74) is 0.372. The second kappa shape index (κ2) is 10.8. The molecule has 4 nitrogen and oxygen atoms in total. The molecule has 5 heteroatoms. The third kappa shape index (κ3) is 6.47. The van der Waals surface area contributed by atoms with Crippen LogP contribution in [0.15, 0.2) is 11.6 Å². The number of rotatable bonds is 12. The average molecular weight is 375 g/mol. The summed E-state index contributed by atoms with van der Waals surface area (Å²) in [7, 11) is -0.137. The maximum atomic E-state index is 10.9. The van der Waals surface area contributed by atoms with Gasteiger partial charge in [0.25, 0.3) is 0 Å². The van der Waals surface area contributed by atoms with Gasteiger partial charge in [0.15, 0.2) is 8.32 Å². The predicted octanol–water partition coefficient (Wildman–Crippen LogP) is 4.52. The van der Waals surface area contributed by atoms with E-state index >= 15 is 0 Å². The largest absolute Gasteiger partial charge is 0.413 e. The first-order chi connectivity index (χ1) is 11.5. The van der Waals surface area contributed by atoms with Crippen molar-refractivity contribution in [3.05, 3.63) is 11.6 Å². The molecule has 0 radical (unpaired) electrons. The van der Waals surface area contributed by atoms with Gasteiger partial charge in [0.2, 0.25) is 0 Å². The van der Waals surface area contributed by atoms with Crippen molar-refractivity contribution in [1.29, 1.82) is 0 Å². The summed E-state index contributed by atoms with van der Waals surface area (Å²) in [4.78, 5) is 0. The van der Waals surface area contributed by atoms with Crippen LogP contribution in [0.3, 0.4) is 0 Å². The third-order valence-electron chi connectivity index (χ3n) is 6.04. The minimum Gasteiger partial charge on any atom is -0.413 e. The van der Waals surface area contributed by atoms with Crippen molar-refractivity contribution >= 4 is 8.32 Å². The summed E-state index contributed by atoms with van der Waals surface area (Å²) < 4.78 is 11.9. The van der Waals surface area contributed by atoms with Gasteiger partial charge in [-0.1, -0.05) is 47.6 Å². The number of aliphatic hydroxyl groups is 2. The van der Waals surface area contributed by atoms with Gasteiger partial charge in [0, 0.05) is 12.5 Å². The molecule has 25 heavy (non-hydrogen) atoms. The molecule has 0 aromatic carbocycles. The zero-order chi connectivity index (χ0) is 19.8. The van der Waals surface area contributed by atoms with E-state index in [1.807, 2.05) is 27.7 Å². The Hall–Kier alpha value is -0.203. The molecule has 4 atom stereocenters. The summed E-state index contributed by atoms with van der Waals surface area (Å²) in [6.07, 6.45) is 0.542. The molecular weight excluding hydrogens is 332 g/mol. The van der Waals surface area contributed by atoms with E-state index in [1.54, 1.807) is 13.2 Å². The Balaban J connectivity index is 5.40. The van der Waals surface area contributed by atoms with Crippen molar-refractivity contribution in [2.75, 3.05) is 7.11 Å². The van der Waals surface area contributed by atoms with Gasteiger partial charge < -0.3 is 19.4 Å². The maximum absolute atomic E-state index is 10.9. The lowest BCUT2D eigenvalue weighted by molar-refractivity contribution is -0.0849. The van der Waals surface area contributed by atoms with Crippen LogP contribution in [0.5, 0.6) is 0 Å². The summed E-state index contributed by atoms with van der Waals surface area (Å²) >= 11 is 0. The quantitative estimate of drug-likeness (QED) is 0.389. The van der Waals surface area contributed by atoms with Crippen LogP contribution in [0, 0.1) is 5.41 Å². The zero-order valence-electron chi connectivity index (χ0n) is 17.9. The Morgan fingerprint density at radius 2 is 1.56 bits per heavy atom. The monoisotopic (exact) mass is 374 g/mol. The molecule has 0 fully saturated rings. The summed E-state index contributed by atoms with van der Waals surface area (Å²) in [6.45, 7) is 16.6. The summed E-state index contributed by atoms with van der Waals surface area (Å²) in [5, 5.41) is 21.4. The molecule has 0 spiro atoms. The fourth-order valence-corrected chi connectivity index (χ4v) is 6.45. The number of ether oxygens (including phenoxy) is 1. The highest BCUT2D eigenvalue weighted by Crippen LogP contribution is 2.36. The standard InChI is InChI=1S/C20H42O4Si/c1-10-18(24-25(11-2,12-3)13-4)20(7,8)19(22)17(21)14-15(5)16(6)23-9/h14,16-19,21-22H,10-13H2,1-9H3/b15-14+/t16-,17-,18?,19-/m0/s1. The first-order valence-electron chi connectivity index (χ1n) is 9.80. The molecule has 2 N–H and O–H groups in total. The van der Waals surface area contributed by atoms with Gasteiger partial charge in [-0.15, -0.1) is 0 Å². The van der Waals surface area contributed by atoms with E-state index < -0.39 is 25.9 Å². The first kappa shape index (κ1) is 24.8. The maximum Gasteiger partial charge on any atom is 0.192 e. The topological polar surface area (TPSA) is 58.9 Å². The van der Waals surface area contributed by atoms with Gasteiger partial charge in [-0.2, -0.15) is 0 Å². The normalized spacial score (nSPS) is 18.8. The van der Waals surface area contributed by atoms with E-state index in [0.717, 1.165) is 30.1 Å². The van der Waals surface area contributed by atoms with E-state index in [0.29, 0.717) is 0 Å². The smallest absolute Gasteiger partial charge is 0.192 e. The van der Waals surface area contributed by atoms with Crippen molar-refractivity contribution in [3.8, 4) is 0 Å². The molecule has 0 bridgehead atoms. The van der Waals surface area contributed by atoms with Crippen molar-refractivity contribution in [2.45, 2.75) is 104 Å². The molecule has 0 aromatic rings. The van der Waals surface area contributed by atoms with Gasteiger partial charge in [0.05, 0.1) is 24.4 Å². The van der Waals surface area contributed by atoms with Crippen molar-refractivity contribution in [1.82, 2.24) is 0 Å². The molecule has 0 saturated heterocycles. The second-order valence-electron chi connectivity index (χ2n) is 7.80. The van der Waals surface area contributed by atoms with Crippen molar-refractivity contribution in [2.24, 2.45) is 5.41 Å². The second-order valence-corrected chi connectivity index (χ2v) is 12.5. The molecule has 150 valence electrons. The average Bonchev–Trinajstić information content (AvgIpc) is 2.61. The first-order valence-corrected chi connectivity index (χ1v) is 12.3. The fourth-order valence-electron chi connectivity index (χ4n) is 3.38. The molecule has 0 aliphatic rings. The van der Waals surface area contributed by atoms with Crippen LogP contribution in [0.2, 0.25) is 18.1 Å². The molecule has 0 aliphatic carbocycles. The van der Waals surface area contributed by atoms with Gasteiger partial charge in [0.1, 0.15) is 0 Å². The number of hydrogen-bond donors (Lipinski definition) is 2. The Morgan fingerprint density at radius 3 is 1.92 bits per heavy atom. The minimum absolute atomic E-state index is 0.0720. The van der Waals surface area contributed by atoms with Gasteiger partial charge in [-0.05, 0) is 44.0 Å². The summed E-state index contributed by atoms with van der Waals surface area (Å²) in [5.74, 6) is 0. The lowest BCUT2D eigenvalue weighted by atomic mass is 9.77. The molecule has 0 rings (SSSR count). The minimum atomic E-state index is -1.78. The highest BCUT2D eigenvalue weighted by molar-refractivity contribution is 6.73. The van der Waals surface area contributed by atoms with E-state index in [9.17, 15) is 10.2 Å². The van der Waals surface area contributed by atoms with E-state index in [4.69, 9.17) is 9.16 Å². The molecule has 0 saturated carbocycles. The van der Waals surface area contributed by atoms with Crippen LogP contribution in [0.25, 0.3) is 0 Å². The number of methoxy groups -OCH3 is 1. The van der Waals surface area contributed by atoms with E-state index in [1.165, 1.54) is 0 Å². The fraction of sp³-hybridized carbons (Fsp3) is 0.900. The van der Waals surface area contributed by atoms with E-state index in [-0.39, 0.29) is 12.2 Å². The Bertz CT molecular complexity index is 396. The Kier molecular flexibility index (Phi) is 10.7. The molecule has 0 aliphatic heterocycles. The van der Waals surface area contributed by atoms with Crippen LogP contribution in [-0.4, -0.2) is 50.1 Å². The molecule has 0 amide bonds. The third-order valence-corrected chi connectivity index (χ3v) is 10.7. The molecule has 1 unspecified atom stereocenters. The predicted molar refractivity (Wildman–Crippen MR) is 108 cm³/mol. The lowest BCUT2D eigenvalue weighted by Crippen LogP contribution is -2.52. The van der Waals surface area contributed by atoms with Gasteiger partial charge >= 0.3 is 0 Å². The molecule has 0 aromatic heterocycles. The lowest BCUT2D eigenvalue weighted by Gasteiger charge is -2.44. The van der Waals surface area contributed by atoms with Crippen LogP contribution < -0.4 is 0 Å². The highest BCUT2D eigenvalue weighted by Gasteiger charge is 2.43.